The van der Waals surface area contributed by atoms with E-state index in [-0.39, 0.29) is 23.5 Å². The summed E-state index contributed by atoms with van der Waals surface area (Å²) in [5.41, 5.74) is 0.808. The maximum Gasteiger partial charge on any atom is 0.258 e. The molecule has 0 spiro atoms. The molecule has 0 fully saturated rings. The molecule has 1 atom stereocenters. The molecule has 0 aliphatic heterocycles. The fraction of sp³-hybridized carbons (Fsp3) is 0.235. The first-order valence-electron chi connectivity index (χ1n) is 7.23. The van der Waals surface area contributed by atoms with Crippen LogP contribution in [0.4, 0.5) is 0 Å². The Labute approximate surface area is 146 Å². The molecule has 0 unspecified atom stereocenters. The van der Waals surface area contributed by atoms with Gasteiger partial charge in [-0.2, -0.15) is 0 Å². The molecule has 0 saturated carbocycles. The van der Waals surface area contributed by atoms with Crippen molar-refractivity contribution in [3.8, 4) is 5.75 Å². The summed E-state index contributed by atoms with van der Waals surface area (Å²) >= 11 is 5.78. The van der Waals surface area contributed by atoms with Crippen LogP contribution in [-0.4, -0.2) is 27.2 Å². The van der Waals surface area contributed by atoms with Gasteiger partial charge in [-0.05, 0) is 48.9 Å². The summed E-state index contributed by atoms with van der Waals surface area (Å²) in [6.07, 6.45) is 1.15. The number of hydrogen-bond acceptors (Lipinski definition) is 4. The Kier molecular flexibility index (Phi) is 5.85. The van der Waals surface area contributed by atoms with Crippen LogP contribution in [-0.2, 0) is 14.6 Å². The van der Waals surface area contributed by atoms with Crippen molar-refractivity contribution in [2.45, 2.75) is 17.9 Å². The molecular formula is C17H18ClNO4S. The van der Waals surface area contributed by atoms with Crippen molar-refractivity contribution in [2.75, 3.05) is 12.9 Å². The topological polar surface area (TPSA) is 72.5 Å². The summed E-state index contributed by atoms with van der Waals surface area (Å²) in [6.45, 7) is 1.70. The molecule has 0 bridgehead atoms. The third-order valence-electron chi connectivity index (χ3n) is 3.37. The lowest BCUT2D eigenvalue weighted by molar-refractivity contribution is -0.123. The zero-order valence-corrected chi connectivity index (χ0v) is 14.9. The predicted molar refractivity (Wildman–Crippen MR) is 93.1 cm³/mol. The summed E-state index contributed by atoms with van der Waals surface area (Å²) < 4.78 is 28.2. The third-order valence-corrected chi connectivity index (χ3v) is 4.75. The summed E-state index contributed by atoms with van der Waals surface area (Å²) in [4.78, 5) is 12.2. The van der Waals surface area contributed by atoms with Gasteiger partial charge < -0.3 is 10.1 Å². The number of hydrogen-bond donors (Lipinski definition) is 1. The van der Waals surface area contributed by atoms with Gasteiger partial charge in [0.05, 0.1) is 10.9 Å². The normalized spacial score (nSPS) is 12.5. The van der Waals surface area contributed by atoms with E-state index in [2.05, 4.69) is 5.32 Å². The van der Waals surface area contributed by atoms with Crippen molar-refractivity contribution < 1.29 is 17.9 Å². The molecule has 0 aromatic heterocycles. The zero-order chi connectivity index (χ0) is 17.7. The molecule has 2 rings (SSSR count). The van der Waals surface area contributed by atoms with Crippen LogP contribution in [0.1, 0.15) is 18.5 Å². The highest BCUT2D eigenvalue weighted by Gasteiger charge is 2.12. The molecule has 0 aliphatic rings. The first-order valence-corrected chi connectivity index (χ1v) is 9.50. The second-order valence-corrected chi connectivity index (χ2v) is 7.83. The van der Waals surface area contributed by atoms with Crippen molar-refractivity contribution in [3.63, 3.8) is 0 Å². The van der Waals surface area contributed by atoms with E-state index in [1.54, 1.807) is 36.4 Å². The van der Waals surface area contributed by atoms with E-state index in [4.69, 9.17) is 16.3 Å². The molecule has 1 amide bonds. The van der Waals surface area contributed by atoms with E-state index in [0.29, 0.717) is 10.8 Å². The number of nitrogens with one attached hydrogen (secondary N) is 1. The highest BCUT2D eigenvalue weighted by Crippen LogP contribution is 2.17. The Morgan fingerprint density at radius 3 is 2.25 bits per heavy atom. The van der Waals surface area contributed by atoms with Crippen LogP contribution in [0.3, 0.4) is 0 Å². The molecule has 2 aromatic carbocycles. The van der Waals surface area contributed by atoms with Gasteiger partial charge in [0.15, 0.2) is 16.4 Å². The van der Waals surface area contributed by atoms with Crippen LogP contribution in [0.2, 0.25) is 5.02 Å². The standard InChI is InChI=1S/C17H18ClNO4S/c1-12(13-3-9-16(10-4-13)24(2,21)22)19-17(20)11-23-15-7-5-14(18)6-8-15/h3-10,12H,11H2,1-2H3,(H,19,20)/t12-/m1/s1. The maximum atomic E-state index is 11.9. The van der Waals surface area contributed by atoms with Crippen LogP contribution in [0.25, 0.3) is 0 Å². The van der Waals surface area contributed by atoms with Gasteiger partial charge >= 0.3 is 0 Å². The number of carbonyl (C=O) groups is 1. The van der Waals surface area contributed by atoms with Gasteiger partial charge in [0, 0.05) is 11.3 Å². The molecule has 0 saturated heterocycles. The Balaban J connectivity index is 1.90. The van der Waals surface area contributed by atoms with E-state index < -0.39 is 9.84 Å². The Hall–Kier alpha value is -2.05. The van der Waals surface area contributed by atoms with E-state index in [1.807, 2.05) is 6.92 Å². The maximum absolute atomic E-state index is 11.9. The minimum absolute atomic E-state index is 0.118. The summed E-state index contributed by atoms with van der Waals surface area (Å²) in [5, 5.41) is 3.39. The zero-order valence-electron chi connectivity index (χ0n) is 13.3. The van der Waals surface area contributed by atoms with Crippen molar-refractivity contribution in [1.82, 2.24) is 5.32 Å². The monoisotopic (exact) mass is 367 g/mol. The summed E-state index contributed by atoms with van der Waals surface area (Å²) in [7, 11) is -3.23. The number of rotatable bonds is 6. The highest BCUT2D eigenvalue weighted by atomic mass is 35.5. The van der Waals surface area contributed by atoms with Gasteiger partial charge in [-0.25, -0.2) is 8.42 Å². The molecular weight excluding hydrogens is 350 g/mol. The molecule has 128 valence electrons. The van der Waals surface area contributed by atoms with Crippen LogP contribution in [0.15, 0.2) is 53.4 Å². The van der Waals surface area contributed by atoms with E-state index >= 15 is 0 Å². The molecule has 5 nitrogen and oxygen atoms in total. The lowest BCUT2D eigenvalue weighted by Crippen LogP contribution is -2.31. The lowest BCUT2D eigenvalue weighted by Gasteiger charge is -2.15. The average molecular weight is 368 g/mol. The fourth-order valence-corrected chi connectivity index (χ4v) is 2.81. The van der Waals surface area contributed by atoms with Gasteiger partial charge in [0.1, 0.15) is 5.75 Å². The SMILES string of the molecule is C[C@@H](NC(=O)COc1ccc(Cl)cc1)c1ccc(S(C)(=O)=O)cc1. The summed E-state index contributed by atoms with van der Waals surface area (Å²) in [6, 6.07) is 12.9. The van der Waals surface area contributed by atoms with Crippen molar-refractivity contribution in [1.29, 1.82) is 0 Å². The fourth-order valence-electron chi connectivity index (χ4n) is 2.05. The number of benzene rings is 2. The molecule has 2 aromatic rings. The minimum atomic E-state index is -3.23. The van der Waals surface area contributed by atoms with E-state index in [1.165, 1.54) is 12.1 Å². The van der Waals surface area contributed by atoms with Gasteiger partial charge in [0.2, 0.25) is 0 Å². The largest absolute Gasteiger partial charge is 0.484 e. The molecule has 0 heterocycles. The second-order valence-electron chi connectivity index (χ2n) is 5.37. The van der Waals surface area contributed by atoms with Gasteiger partial charge in [-0.3, -0.25) is 4.79 Å². The van der Waals surface area contributed by atoms with Crippen LogP contribution in [0, 0.1) is 0 Å². The van der Waals surface area contributed by atoms with Crippen LogP contribution >= 0.6 is 11.6 Å². The van der Waals surface area contributed by atoms with Crippen molar-refractivity contribution >= 4 is 27.3 Å². The van der Waals surface area contributed by atoms with Gasteiger partial charge in [-0.1, -0.05) is 23.7 Å². The van der Waals surface area contributed by atoms with E-state index in [9.17, 15) is 13.2 Å². The number of ether oxygens (including phenoxy) is 1. The molecule has 7 heteroatoms. The van der Waals surface area contributed by atoms with Crippen LogP contribution < -0.4 is 10.1 Å². The number of halogens is 1. The third kappa shape index (κ3) is 5.25. The predicted octanol–water partition coefficient (Wildman–Crippen LogP) is 3.00. The number of amides is 1. The van der Waals surface area contributed by atoms with Gasteiger partial charge in [-0.15, -0.1) is 0 Å². The Bertz CT molecular complexity index is 801. The van der Waals surface area contributed by atoms with Gasteiger partial charge in [0.25, 0.3) is 5.91 Å². The van der Waals surface area contributed by atoms with Crippen molar-refractivity contribution in [2.24, 2.45) is 0 Å². The first kappa shape index (κ1) is 18.3. The molecule has 0 radical (unpaired) electrons. The Morgan fingerprint density at radius 1 is 1.12 bits per heavy atom. The average Bonchev–Trinajstić information content (AvgIpc) is 2.53. The van der Waals surface area contributed by atoms with Crippen LogP contribution in [0.5, 0.6) is 5.75 Å². The lowest BCUT2D eigenvalue weighted by atomic mass is 10.1. The van der Waals surface area contributed by atoms with E-state index in [0.717, 1.165) is 11.8 Å². The minimum Gasteiger partial charge on any atom is -0.484 e. The summed E-state index contributed by atoms with van der Waals surface area (Å²) in [5.74, 6) is 0.282. The first-order chi connectivity index (χ1) is 11.3. The molecule has 0 aliphatic carbocycles. The second kappa shape index (κ2) is 7.68. The molecule has 1 N–H and O–H groups in total. The smallest absolute Gasteiger partial charge is 0.258 e. The number of sulfone groups is 1. The quantitative estimate of drug-likeness (QED) is 0.851. The number of carbonyl (C=O) groups excluding carboxylic acids is 1. The van der Waals surface area contributed by atoms with Crippen molar-refractivity contribution in [3.05, 3.63) is 59.1 Å². The molecule has 24 heavy (non-hydrogen) atoms. The highest BCUT2D eigenvalue weighted by molar-refractivity contribution is 7.90. The Morgan fingerprint density at radius 2 is 1.71 bits per heavy atom.